The second kappa shape index (κ2) is 7.97. The Labute approximate surface area is 158 Å². The van der Waals surface area contributed by atoms with Gasteiger partial charge in [-0.25, -0.2) is 0 Å². The quantitative estimate of drug-likeness (QED) is 0.550. The van der Waals surface area contributed by atoms with E-state index < -0.39 is 0 Å². The van der Waals surface area contributed by atoms with Crippen LogP contribution in [0.15, 0.2) is 70.1 Å². The molecule has 26 heavy (non-hydrogen) atoms. The van der Waals surface area contributed by atoms with Gasteiger partial charge in [-0.3, -0.25) is 9.98 Å². The van der Waals surface area contributed by atoms with Crippen molar-refractivity contribution < 1.29 is 4.74 Å². The van der Waals surface area contributed by atoms with Gasteiger partial charge >= 0.3 is 0 Å². The number of thiocarbonyl (C=S) groups is 1. The standard InChI is InChI=1S/C19H21N5OS/c1-12(2)10-21-19(26)24-17-9-8-15-18(23-17)22-16(11-20-15)13-4-6-14(25-3)7-5-13/h4-9,11,18,23H,1,10H2,2-3H3,(H2,21,24,26). The van der Waals surface area contributed by atoms with E-state index in [9.17, 15) is 0 Å². The van der Waals surface area contributed by atoms with Crippen LogP contribution in [-0.2, 0) is 0 Å². The fourth-order valence-electron chi connectivity index (χ4n) is 2.44. The SMILES string of the molecule is C=C(C)CNC(=S)NC1=CC=C2N=CC(c3ccc(OC)cc3)=NC2N1. The van der Waals surface area contributed by atoms with Crippen molar-refractivity contribution in [2.75, 3.05) is 13.7 Å². The molecule has 0 spiro atoms. The summed E-state index contributed by atoms with van der Waals surface area (Å²) in [6.07, 6.45) is 5.34. The van der Waals surface area contributed by atoms with Crippen LogP contribution in [0.4, 0.5) is 0 Å². The smallest absolute Gasteiger partial charge is 0.172 e. The number of hydrogen-bond acceptors (Lipinski definition) is 5. The maximum atomic E-state index is 5.28. The predicted octanol–water partition coefficient (Wildman–Crippen LogP) is 2.26. The Morgan fingerprint density at radius 3 is 2.77 bits per heavy atom. The average Bonchev–Trinajstić information content (AvgIpc) is 2.66. The first kappa shape index (κ1) is 17.9. The fourth-order valence-corrected chi connectivity index (χ4v) is 2.62. The molecule has 2 aliphatic rings. The van der Waals surface area contributed by atoms with Crippen LogP contribution in [0, 0.1) is 0 Å². The summed E-state index contributed by atoms with van der Waals surface area (Å²) < 4.78 is 5.19. The van der Waals surface area contributed by atoms with Crippen LogP contribution >= 0.6 is 12.2 Å². The van der Waals surface area contributed by atoms with E-state index in [1.54, 1.807) is 13.3 Å². The zero-order valence-electron chi connectivity index (χ0n) is 14.7. The lowest BCUT2D eigenvalue weighted by atomic mass is 10.1. The first-order valence-corrected chi connectivity index (χ1v) is 8.60. The zero-order chi connectivity index (χ0) is 18.5. The topological polar surface area (TPSA) is 70.0 Å². The number of nitrogens with zero attached hydrogens (tertiary/aromatic N) is 2. The molecule has 2 aliphatic heterocycles. The van der Waals surface area contributed by atoms with Crippen molar-refractivity contribution >= 4 is 29.3 Å². The van der Waals surface area contributed by atoms with E-state index in [0.717, 1.165) is 34.1 Å². The Morgan fingerprint density at radius 2 is 2.08 bits per heavy atom. The van der Waals surface area contributed by atoms with Gasteiger partial charge in [0.15, 0.2) is 11.3 Å². The lowest BCUT2D eigenvalue weighted by Crippen LogP contribution is -2.44. The Kier molecular flexibility index (Phi) is 5.48. The first-order chi connectivity index (χ1) is 12.5. The van der Waals surface area contributed by atoms with E-state index in [0.29, 0.717) is 11.7 Å². The molecule has 0 amide bonds. The van der Waals surface area contributed by atoms with Crippen LogP contribution < -0.4 is 20.7 Å². The van der Waals surface area contributed by atoms with Gasteiger partial charge in [0.05, 0.1) is 24.7 Å². The molecule has 0 aromatic heterocycles. The lowest BCUT2D eigenvalue weighted by Gasteiger charge is -2.26. The molecule has 3 N–H and O–H groups in total. The molecule has 0 fully saturated rings. The van der Waals surface area contributed by atoms with Crippen LogP contribution in [0.25, 0.3) is 0 Å². The lowest BCUT2D eigenvalue weighted by molar-refractivity contribution is 0.415. The Morgan fingerprint density at radius 1 is 1.31 bits per heavy atom. The van der Waals surface area contributed by atoms with Gasteiger partial charge in [0.2, 0.25) is 0 Å². The molecule has 1 unspecified atom stereocenters. The largest absolute Gasteiger partial charge is 0.497 e. The van der Waals surface area contributed by atoms with Crippen LogP contribution in [0.2, 0.25) is 0 Å². The Balaban J connectivity index is 1.68. The molecule has 6 nitrogen and oxygen atoms in total. The average molecular weight is 367 g/mol. The number of rotatable bonds is 5. The van der Waals surface area contributed by atoms with Crippen molar-refractivity contribution in [3.05, 3.63) is 65.7 Å². The summed E-state index contributed by atoms with van der Waals surface area (Å²) in [4.78, 5) is 9.25. The van der Waals surface area contributed by atoms with E-state index >= 15 is 0 Å². The summed E-state index contributed by atoms with van der Waals surface area (Å²) in [5.74, 6) is 1.58. The normalized spacial score (nSPS) is 17.8. The first-order valence-electron chi connectivity index (χ1n) is 8.19. The van der Waals surface area contributed by atoms with Crippen LogP contribution in [0.3, 0.4) is 0 Å². The molecule has 1 aromatic rings. The number of fused-ring (bicyclic) bond motifs is 1. The third-order valence-corrected chi connectivity index (χ3v) is 4.03. The monoisotopic (exact) mass is 367 g/mol. The van der Waals surface area contributed by atoms with Gasteiger partial charge in [0, 0.05) is 12.1 Å². The number of allylic oxidation sites excluding steroid dienone is 2. The van der Waals surface area contributed by atoms with Gasteiger partial charge < -0.3 is 20.7 Å². The second-order valence-corrected chi connectivity index (χ2v) is 6.39. The van der Waals surface area contributed by atoms with Crippen molar-refractivity contribution in [3.63, 3.8) is 0 Å². The third kappa shape index (κ3) is 4.37. The van der Waals surface area contributed by atoms with Gasteiger partial charge in [-0.2, -0.15) is 0 Å². The van der Waals surface area contributed by atoms with Crippen LogP contribution in [0.5, 0.6) is 5.75 Å². The fraction of sp³-hybridized carbons (Fsp3) is 0.211. The number of methoxy groups -OCH3 is 1. The molecular weight excluding hydrogens is 346 g/mol. The number of ether oxygens (including phenoxy) is 1. The molecule has 1 aromatic carbocycles. The molecule has 2 heterocycles. The number of dihydropyridines is 1. The highest BCUT2D eigenvalue weighted by Crippen LogP contribution is 2.19. The van der Waals surface area contributed by atoms with E-state index in [1.807, 2.05) is 43.3 Å². The molecule has 0 saturated carbocycles. The predicted molar refractivity (Wildman–Crippen MR) is 110 cm³/mol. The summed E-state index contributed by atoms with van der Waals surface area (Å²) >= 11 is 5.28. The van der Waals surface area contributed by atoms with Crippen molar-refractivity contribution in [2.45, 2.75) is 13.1 Å². The highest BCUT2D eigenvalue weighted by atomic mass is 32.1. The van der Waals surface area contributed by atoms with E-state index in [4.69, 9.17) is 21.9 Å². The zero-order valence-corrected chi connectivity index (χ0v) is 15.6. The second-order valence-electron chi connectivity index (χ2n) is 5.98. The number of nitrogens with one attached hydrogen (secondary N) is 3. The molecule has 0 radical (unpaired) electrons. The maximum absolute atomic E-state index is 5.28. The van der Waals surface area contributed by atoms with Gasteiger partial charge in [-0.1, -0.05) is 12.2 Å². The van der Waals surface area contributed by atoms with E-state index in [-0.39, 0.29) is 6.17 Å². The molecular formula is C19H21N5OS. The summed E-state index contributed by atoms with van der Waals surface area (Å²) in [6.45, 7) is 6.42. The number of benzene rings is 1. The number of hydrogen-bond donors (Lipinski definition) is 3. The molecule has 3 rings (SSSR count). The minimum atomic E-state index is -0.256. The van der Waals surface area contributed by atoms with Crippen LogP contribution in [-0.4, -0.2) is 36.9 Å². The molecule has 1 atom stereocenters. The van der Waals surface area contributed by atoms with Gasteiger partial charge in [-0.05, 0) is 55.6 Å². The molecule has 0 bridgehead atoms. The van der Waals surface area contributed by atoms with Crippen LogP contribution in [0.1, 0.15) is 12.5 Å². The minimum absolute atomic E-state index is 0.256. The summed E-state index contributed by atoms with van der Waals surface area (Å²) in [7, 11) is 1.65. The van der Waals surface area contributed by atoms with Gasteiger partial charge in [-0.15, -0.1) is 0 Å². The van der Waals surface area contributed by atoms with Gasteiger partial charge in [0.25, 0.3) is 0 Å². The number of aliphatic imine (C=N–C) groups is 2. The summed E-state index contributed by atoms with van der Waals surface area (Å²) in [6, 6.07) is 7.74. The van der Waals surface area contributed by atoms with E-state index in [2.05, 4.69) is 27.5 Å². The third-order valence-electron chi connectivity index (χ3n) is 3.78. The van der Waals surface area contributed by atoms with Gasteiger partial charge in [0.1, 0.15) is 11.6 Å². The molecule has 0 saturated heterocycles. The molecule has 0 aliphatic carbocycles. The van der Waals surface area contributed by atoms with Crippen molar-refractivity contribution in [2.24, 2.45) is 9.98 Å². The minimum Gasteiger partial charge on any atom is -0.497 e. The summed E-state index contributed by atoms with van der Waals surface area (Å²) in [5, 5.41) is 10.0. The van der Waals surface area contributed by atoms with Crippen molar-refractivity contribution in [1.82, 2.24) is 16.0 Å². The summed E-state index contributed by atoms with van der Waals surface area (Å²) in [5.41, 5.74) is 3.66. The van der Waals surface area contributed by atoms with E-state index in [1.165, 1.54) is 0 Å². The van der Waals surface area contributed by atoms with Crippen molar-refractivity contribution in [3.8, 4) is 5.75 Å². The highest BCUT2D eigenvalue weighted by Gasteiger charge is 2.21. The highest BCUT2D eigenvalue weighted by molar-refractivity contribution is 7.80. The maximum Gasteiger partial charge on any atom is 0.172 e. The van der Waals surface area contributed by atoms with Crippen molar-refractivity contribution in [1.29, 1.82) is 0 Å². The molecule has 134 valence electrons. The Bertz CT molecular complexity index is 836. The Hall–Kier alpha value is -2.93. The molecule has 7 heteroatoms.